The number of hydrogen-bond donors (Lipinski definition) is 1. The Labute approximate surface area is 102 Å². The smallest absolute Gasteiger partial charge is 0.107 e. The summed E-state index contributed by atoms with van der Waals surface area (Å²) in [4.78, 5) is 0. The molecule has 0 amide bonds. The molecule has 0 aromatic heterocycles. The van der Waals surface area contributed by atoms with Crippen LogP contribution in [0.2, 0.25) is 0 Å². The lowest BCUT2D eigenvalue weighted by Crippen LogP contribution is -2.11. The summed E-state index contributed by atoms with van der Waals surface area (Å²) < 4.78 is 11.0. The van der Waals surface area contributed by atoms with Crippen LogP contribution in [0, 0.1) is 5.92 Å². The van der Waals surface area contributed by atoms with Gasteiger partial charge >= 0.3 is 0 Å². The SMILES string of the molecule is C[C@H](CCOCc1ccccc1)[C@H]1O[C@@H]1CO. The first-order chi connectivity index (χ1) is 8.31. The van der Waals surface area contributed by atoms with Crippen molar-refractivity contribution in [3.8, 4) is 0 Å². The molecule has 1 aliphatic rings. The predicted molar refractivity (Wildman–Crippen MR) is 65.6 cm³/mol. The van der Waals surface area contributed by atoms with Gasteiger partial charge in [0.15, 0.2) is 0 Å². The van der Waals surface area contributed by atoms with Crippen molar-refractivity contribution in [2.24, 2.45) is 5.92 Å². The zero-order chi connectivity index (χ0) is 12.1. The molecule has 94 valence electrons. The standard InChI is InChI=1S/C14H20O3/c1-11(14-13(9-15)17-14)7-8-16-10-12-5-3-2-4-6-12/h2-6,11,13-15H,7-10H2,1H3/t11-,13-,14-/m1/s1. The molecule has 3 heteroatoms. The molecule has 1 saturated heterocycles. The van der Waals surface area contributed by atoms with Crippen molar-refractivity contribution in [1.82, 2.24) is 0 Å². The molecule has 2 rings (SSSR count). The Morgan fingerprint density at radius 3 is 2.76 bits per heavy atom. The highest BCUT2D eigenvalue weighted by atomic mass is 16.6. The van der Waals surface area contributed by atoms with Crippen LogP contribution in [0.4, 0.5) is 0 Å². The Morgan fingerprint density at radius 2 is 2.12 bits per heavy atom. The van der Waals surface area contributed by atoms with Gasteiger partial charge in [-0.05, 0) is 17.9 Å². The van der Waals surface area contributed by atoms with E-state index in [1.807, 2.05) is 18.2 Å². The molecule has 17 heavy (non-hydrogen) atoms. The highest BCUT2D eigenvalue weighted by Gasteiger charge is 2.41. The van der Waals surface area contributed by atoms with E-state index in [0.717, 1.165) is 13.0 Å². The maximum Gasteiger partial charge on any atom is 0.107 e. The summed E-state index contributed by atoms with van der Waals surface area (Å²) in [6.07, 6.45) is 1.29. The van der Waals surface area contributed by atoms with Crippen LogP contribution in [0.3, 0.4) is 0 Å². The lowest BCUT2D eigenvalue weighted by Gasteiger charge is -2.09. The van der Waals surface area contributed by atoms with Gasteiger partial charge in [-0.3, -0.25) is 0 Å². The first kappa shape index (κ1) is 12.6. The minimum Gasteiger partial charge on any atom is -0.394 e. The van der Waals surface area contributed by atoms with E-state index in [2.05, 4.69) is 19.1 Å². The normalized spacial score (nSPS) is 24.6. The predicted octanol–water partition coefficient (Wildman–Crippen LogP) is 1.99. The summed E-state index contributed by atoms with van der Waals surface area (Å²) in [5.41, 5.74) is 1.20. The molecule has 1 aliphatic heterocycles. The van der Waals surface area contributed by atoms with Crippen LogP contribution in [0.1, 0.15) is 18.9 Å². The van der Waals surface area contributed by atoms with Crippen molar-refractivity contribution in [2.45, 2.75) is 32.2 Å². The van der Waals surface area contributed by atoms with Gasteiger partial charge in [-0.1, -0.05) is 37.3 Å². The highest BCUT2D eigenvalue weighted by Crippen LogP contribution is 2.30. The number of hydrogen-bond acceptors (Lipinski definition) is 3. The second-order valence-electron chi connectivity index (χ2n) is 4.63. The van der Waals surface area contributed by atoms with Crippen LogP contribution >= 0.6 is 0 Å². The Balaban J connectivity index is 1.57. The fraction of sp³-hybridized carbons (Fsp3) is 0.571. The Kier molecular flexibility index (Phi) is 4.54. The van der Waals surface area contributed by atoms with Crippen LogP contribution < -0.4 is 0 Å². The number of aliphatic hydroxyl groups is 1. The van der Waals surface area contributed by atoms with Gasteiger partial charge in [0.25, 0.3) is 0 Å². The van der Waals surface area contributed by atoms with Crippen molar-refractivity contribution in [3.63, 3.8) is 0 Å². The number of ether oxygens (including phenoxy) is 2. The molecule has 0 saturated carbocycles. The Morgan fingerprint density at radius 1 is 1.35 bits per heavy atom. The van der Waals surface area contributed by atoms with Crippen LogP contribution in [0.15, 0.2) is 30.3 Å². The average Bonchev–Trinajstić information content (AvgIpc) is 3.15. The molecule has 0 radical (unpaired) electrons. The van der Waals surface area contributed by atoms with E-state index in [1.54, 1.807) is 0 Å². The van der Waals surface area contributed by atoms with Gasteiger partial charge in [-0.25, -0.2) is 0 Å². The summed E-state index contributed by atoms with van der Waals surface area (Å²) in [7, 11) is 0. The molecule has 1 N–H and O–H groups in total. The van der Waals surface area contributed by atoms with E-state index in [-0.39, 0.29) is 18.8 Å². The molecular weight excluding hydrogens is 216 g/mol. The van der Waals surface area contributed by atoms with E-state index in [4.69, 9.17) is 14.6 Å². The highest BCUT2D eigenvalue weighted by molar-refractivity contribution is 5.13. The van der Waals surface area contributed by atoms with Crippen LogP contribution in [0.25, 0.3) is 0 Å². The van der Waals surface area contributed by atoms with Crippen LogP contribution in [0.5, 0.6) is 0 Å². The Hall–Kier alpha value is -0.900. The van der Waals surface area contributed by atoms with E-state index < -0.39 is 0 Å². The molecule has 1 aromatic carbocycles. The molecular formula is C14H20O3. The minimum atomic E-state index is 0.0686. The topological polar surface area (TPSA) is 42.0 Å². The van der Waals surface area contributed by atoms with Crippen molar-refractivity contribution >= 4 is 0 Å². The molecule has 1 fully saturated rings. The summed E-state index contributed by atoms with van der Waals surface area (Å²) in [6.45, 7) is 3.70. The Bertz CT molecular complexity index is 325. The summed E-state index contributed by atoms with van der Waals surface area (Å²) in [6, 6.07) is 10.2. The number of aliphatic hydroxyl groups excluding tert-OH is 1. The third-order valence-corrected chi connectivity index (χ3v) is 3.19. The quantitative estimate of drug-likeness (QED) is 0.581. The first-order valence-corrected chi connectivity index (χ1v) is 6.19. The molecule has 0 spiro atoms. The second-order valence-corrected chi connectivity index (χ2v) is 4.63. The molecule has 3 atom stereocenters. The van der Waals surface area contributed by atoms with Gasteiger partial charge in [-0.15, -0.1) is 0 Å². The largest absolute Gasteiger partial charge is 0.394 e. The molecule has 1 aromatic rings. The van der Waals surface area contributed by atoms with E-state index in [9.17, 15) is 0 Å². The van der Waals surface area contributed by atoms with Crippen LogP contribution in [-0.4, -0.2) is 30.5 Å². The monoisotopic (exact) mass is 236 g/mol. The number of epoxide rings is 1. The summed E-state index contributed by atoms with van der Waals surface area (Å²) in [5.74, 6) is 0.461. The maximum absolute atomic E-state index is 8.89. The van der Waals surface area contributed by atoms with Crippen molar-refractivity contribution in [2.75, 3.05) is 13.2 Å². The van der Waals surface area contributed by atoms with E-state index >= 15 is 0 Å². The third kappa shape index (κ3) is 3.80. The van der Waals surface area contributed by atoms with Gasteiger partial charge in [0, 0.05) is 6.61 Å². The minimum absolute atomic E-state index is 0.0686. The lowest BCUT2D eigenvalue weighted by atomic mass is 10.0. The van der Waals surface area contributed by atoms with E-state index in [0.29, 0.717) is 12.5 Å². The zero-order valence-electron chi connectivity index (χ0n) is 10.2. The molecule has 1 heterocycles. The fourth-order valence-corrected chi connectivity index (χ4v) is 2.00. The van der Waals surface area contributed by atoms with Gasteiger partial charge in [-0.2, -0.15) is 0 Å². The van der Waals surface area contributed by atoms with Gasteiger partial charge in [0.05, 0.1) is 19.3 Å². The second kappa shape index (κ2) is 6.15. The van der Waals surface area contributed by atoms with Crippen LogP contribution in [-0.2, 0) is 16.1 Å². The maximum atomic E-state index is 8.89. The van der Waals surface area contributed by atoms with E-state index in [1.165, 1.54) is 5.56 Å². The third-order valence-electron chi connectivity index (χ3n) is 3.19. The molecule has 0 unspecified atom stereocenters. The first-order valence-electron chi connectivity index (χ1n) is 6.19. The summed E-state index contributed by atoms with van der Waals surface area (Å²) >= 11 is 0. The van der Waals surface area contributed by atoms with Gasteiger partial charge < -0.3 is 14.6 Å². The lowest BCUT2D eigenvalue weighted by molar-refractivity contribution is 0.105. The zero-order valence-corrected chi connectivity index (χ0v) is 10.2. The summed E-state index contributed by atoms with van der Waals surface area (Å²) in [5, 5.41) is 8.89. The number of benzene rings is 1. The fourth-order valence-electron chi connectivity index (χ4n) is 2.00. The van der Waals surface area contributed by atoms with Crippen molar-refractivity contribution in [1.29, 1.82) is 0 Å². The number of rotatable bonds is 7. The molecule has 0 aliphatic carbocycles. The molecule has 3 nitrogen and oxygen atoms in total. The van der Waals surface area contributed by atoms with Gasteiger partial charge in [0.2, 0.25) is 0 Å². The van der Waals surface area contributed by atoms with Crippen molar-refractivity contribution in [3.05, 3.63) is 35.9 Å². The molecule has 0 bridgehead atoms. The van der Waals surface area contributed by atoms with Crippen molar-refractivity contribution < 1.29 is 14.6 Å². The average molecular weight is 236 g/mol. The van der Waals surface area contributed by atoms with Gasteiger partial charge in [0.1, 0.15) is 6.10 Å².